The van der Waals surface area contributed by atoms with Crippen molar-refractivity contribution in [2.75, 3.05) is 0 Å². The monoisotopic (exact) mass is 722 g/mol. The Balaban J connectivity index is 0.879. The van der Waals surface area contributed by atoms with E-state index in [1.54, 1.807) is 0 Å². The molecule has 1 aromatic heterocycles. The van der Waals surface area contributed by atoms with Gasteiger partial charge in [-0.25, -0.2) is 0 Å². The number of hydrogen-bond donors (Lipinski definition) is 0. The predicted octanol–water partition coefficient (Wildman–Crippen LogP) is 14.6. The summed E-state index contributed by atoms with van der Waals surface area (Å²) in [4.78, 5) is 4.67. The van der Waals surface area contributed by atoms with E-state index in [2.05, 4.69) is 163 Å². The normalized spacial score (nSPS) is 12.0. The Morgan fingerprint density at radius 2 is 0.947 bits per heavy atom. The lowest BCUT2D eigenvalue weighted by Gasteiger charge is -2.22. The van der Waals surface area contributed by atoms with Gasteiger partial charge in [-0.05, 0) is 137 Å². The summed E-state index contributed by atoms with van der Waals surface area (Å²) in [5.74, 6) is 1.54. The van der Waals surface area contributed by atoms with Crippen LogP contribution in [0.3, 0.4) is 0 Å². The summed E-state index contributed by atoms with van der Waals surface area (Å²) in [5.41, 5.74) is 13.2. The van der Waals surface area contributed by atoms with E-state index < -0.39 is 0 Å². The quantitative estimate of drug-likeness (QED) is 0.170. The second-order valence-electron chi connectivity index (χ2n) is 15.0. The number of rotatable bonds is 4. The third-order valence-corrected chi connectivity index (χ3v) is 11.8. The van der Waals surface area contributed by atoms with Crippen LogP contribution in [0.15, 0.2) is 182 Å². The van der Waals surface area contributed by atoms with Crippen LogP contribution in [0.2, 0.25) is 0 Å². The summed E-state index contributed by atoms with van der Waals surface area (Å²) in [6, 6.07) is 65.3. The van der Waals surface area contributed by atoms with Gasteiger partial charge in [-0.1, -0.05) is 121 Å². The maximum absolute atomic E-state index is 9.44. The van der Waals surface area contributed by atoms with Gasteiger partial charge in [0.1, 0.15) is 11.5 Å². The molecule has 3 heteroatoms. The first-order valence-electron chi connectivity index (χ1n) is 19.2. The smallest absolute Gasteiger partial charge is 0.136 e. The molecule has 57 heavy (non-hydrogen) atoms. The largest absolute Gasteiger partial charge is 0.456 e. The average Bonchev–Trinajstić information content (AvgIpc) is 3.28. The highest BCUT2D eigenvalue weighted by Gasteiger charge is 2.22. The third kappa shape index (κ3) is 4.88. The second kappa shape index (κ2) is 12.1. The van der Waals surface area contributed by atoms with E-state index in [9.17, 15) is 5.26 Å². The molecule has 0 saturated heterocycles. The molecular weight excluding hydrogens is 693 g/mol. The van der Waals surface area contributed by atoms with Crippen molar-refractivity contribution in [1.29, 1.82) is 5.26 Å². The van der Waals surface area contributed by atoms with Crippen molar-refractivity contribution in [2.24, 2.45) is 0 Å². The number of benzene rings is 10. The van der Waals surface area contributed by atoms with E-state index in [0.29, 0.717) is 5.56 Å². The van der Waals surface area contributed by atoms with Crippen molar-refractivity contribution in [1.82, 2.24) is 4.98 Å². The zero-order valence-electron chi connectivity index (χ0n) is 30.6. The molecule has 1 aliphatic heterocycles. The molecule has 12 rings (SSSR count). The topological polar surface area (TPSA) is 45.9 Å². The number of ether oxygens (including phenoxy) is 1. The highest BCUT2D eigenvalue weighted by Crippen LogP contribution is 2.49. The second-order valence-corrected chi connectivity index (χ2v) is 15.0. The molecule has 10 aromatic carbocycles. The van der Waals surface area contributed by atoms with Gasteiger partial charge in [0.25, 0.3) is 0 Å². The highest BCUT2D eigenvalue weighted by molar-refractivity contribution is 6.24. The molecule has 0 spiro atoms. The number of aromatic nitrogens is 1. The molecule has 0 radical (unpaired) electrons. The summed E-state index contributed by atoms with van der Waals surface area (Å²) in [5, 5.41) is 20.5. The maximum atomic E-state index is 9.44. The summed E-state index contributed by atoms with van der Waals surface area (Å²) in [6.07, 6.45) is 1.87. The number of nitrogens with zero attached hydrogens (tertiary/aromatic N) is 2. The van der Waals surface area contributed by atoms with Gasteiger partial charge in [-0.2, -0.15) is 5.26 Å². The van der Waals surface area contributed by atoms with E-state index in [1.165, 1.54) is 60.1 Å². The first kappa shape index (κ1) is 31.5. The van der Waals surface area contributed by atoms with E-state index in [4.69, 9.17) is 4.74 Å². The van der Waals surface area contributed by atoms with Crippen molar-refractivity contribution < 1.29 is 4.74 Å². The van der Waals surface area contributed by atoms with E-state index in [-0.39, 0.29) is 0 Å². The minimum atomic E-state index is 0.592. The molecule has 11 aromatic rings. The van der Waals surface area contributed by atoms with Gasteiger partial charge in [0.05, 0.1) is 17.1 Å². The van der Waals surface area contributed by atoms with Crippen molar-refractivity contribution in [3.05, 3.63) is 188 Å². The van der Waals surface area contributed by atoms with E-state index in [1.807, 2.05) is 30.5 Å². The Hall–Kier alpha value is -7.80. The Morgan fingerprint density at radius 3 is 1.60 bits per heavy atom. The number of fused-ring (bicyclic) bond motifs is 3. The van der Waals surface area contributed by atoms with Crippen LogP contribution >= 0.6 is 0 Å². The molecule has 0 amide bonds. The molecule has 1 aliphatic rings. The van der Waals surface area contributed by atoms with Gasteiger partial charge < -0.3 is 4.74 Å². The molecule has 0 saturated carbocycles. The molecule has 262 valence electrons. The number of pyridine rings is 1. The molecule has 0 aliphatic carbocycles. The number of para-hydroxylation sites is 1. The van der Waals surface area contributed by atoms with Gasteiger partial charge in [-0.15, -0.1) is 0 Å². The predicted molar refractivity (Wildman–Crippen MR) is 235 cm³/mol. The Kier molecular flexibility index (Phi) is 6.70. The first-order chi connectivity index (χ1) is 28.2. The molecule has 0 unspecified atom stereocenters. The number of nitriles is 1. The molecule has 0 atom stereocenters. The minimum absolute atomic E-state index is 0.592. The standard InChI is InChI=1S/C54H30N2O/c55-31-32-9-22-46-48-8-2-7-47-44(23-24-49(53(47)48)57-50(46)26-32)35-14-10-33(11-15-35)42-27-38-18-20-40-29-43(30-41-21-19-39(28-42)51(38)52(40)41)34-12-16-36(17-13-34)45-6-1-4-37-5-3-25-56-54(37)45/h1-30H. The van der Waals surface area contributed by atoms with Crippen molar-refractivity contribution in [3.63, 3.8) is 0 Å². The fourth-order valence-electron chi connectivity index (χ4n) is 9.15. The van der Waals surface area contributed by atoms with Crippen LogP contribution in [0, 0.1) is 11.3 Å². The van der Waals surface area contributed by atoms with Gasteiger partial charge in [-0.3, -0.25) is 4.98 Å². The van der Waals surface area contributed by atoms with Gasteiger partial charge in [0, 0.05) is 28.1 Å². The summed E-state index contributed by atoms with van der Waals surface area (Å²) in [6.45, 7) is 0. The fraction of sp³-hybridized carbons (Fsp3) is 0. The van der Waals surface area contributed by atoms with Crippen LogP contribution in [0.4, 0.5) is 0 Å². The maximum Gasteiger partial charge on any atom is 0.136 e. The molecular formula is C54H30N2O. The lowest BCUT2D eigenvalue weighted by atomic mass is 9.88. The average molecular weight is 723 g/mol. The van der Waals surface area contributed by atoms with Crippen molar-refractivity contribution in [2.45, 2.75) is 0 Å². The zero-order chi connectivity index (χ0) is 37.6. The minimum Gasteiger partial charge on any atom is -0.456 e. The van der Waals surface area contributed by atoms with Crippen molar-refractivity contribution >= 4 is 54.0 Å². The van der Waals surface area contributed by atoms with Crippen LogP contribution in [-0.2, 0) is 0 Å². The van der Waals surface area contributed by atoms with Crippen LogP contribution in [0.1, 0.15) is 5.56 Å². The van der Waals surface area contributed by atoms with Gasteiger partial charge >= 0.3 is 0 Å². The van der Waals surface area contributed by atoms with Crippen LogP contribution in [0.25, 0.3) is 110 Å². The Bertz CT molecular complexity index is 3410. The molecule has 3 nitrogen and oxygen atoms in total. The highest BCUT2D eigenvalue weighted by atomic mass is 16.5. The van der Waals surface area contributed by atoms with E-state index in [0.717, 1.165) is 61.0 Å². The molecule has 0 fully saturated rings. The summed E-state index contributed by atoms with van der Waals surface area (Å²) < 4.78 is 6.34. The lowest BCUT2D eigenvalue weighted by Crippen LogP contribution is -1.98. The van der Waals surface area contributed by atoms with Gasteiger partial charge in [0.15, 0.2) is 0 Å². The van der Waals surface area contributed by atoms with Gasteiger partial charge in [0.2, 0.25) is 0 Å². The summed E-state index contributed by atoms with van der Waals surface area (Å²) in [7, 11) is 0. The third-order valence-electron chi connectivity index (χ3n) is 11.8. The molecule has 2 heterocycles. The zero-order valence-corrected chi connectivity index (χ0v) is 30.6. The first-order valence-corrected chi connectivity index (χ1v) is 19.2. The number of hydrogen-bond acceptors (Lipinski definition) is 3. The van der Waals surface area contributed by atoms with Crippen LogP contribution in [0.5, 0.6) is 11.5 Å². The Morgan fingerprint density at radius 1 is 0.386 bits per heavy atom. The van der Waals surface area contributed by atoms with Crippen LogP contribution in [-0.4, -0.2) is 4.98 Å². The van der Waals surface area contributed by atoms with Crippen molar-refractivity contribution in [3.8, 4) is 73.2 Å². The van der Waals surface area contributed by atoms with Crippen LogP contribution < -0.4 is 4.74 Å². The SMILES string of the molecule is N#Cc1ccc2c(c1)Oc1ccc(-c3ccc(-c4cc5ccc6cc(-c7ccc(-c8cccc9cccnc89)cc7)cc7ccc(c4)c5c67)cc3)c3cccc-2c13. The van der Waals surface area contributed by atoms with E-state index >= 15 is 0 Å². The summed E-state index contributed by atoms with van der Waals surface area (Å²) >= 11 is 0. The fourth-order valence-corrected chi connectivity index (χ4v) is 9.15. The molecule has 0 N–H and O–H groups in total. The lowest BCUT2D eigenvalue weighted by molar-refractivity contribution is 0.487. The Labute approximate surface area is 328 Å². The molecule has 0 bridgehead atoms.